The normalized spacial score (nSPS) is 10.9. The number of aliphatic carboxylic acids is 1. The predicted molar refractivity (Wildman–Crippen MR) is 83.1 cm³/mol. The zero-order chi connectivity index (χ0) is 19.3. The first-order valence-corrected chi connectivity index (χ1v) is 7.53. The largest absolute Gasteiger partial charge is 0.490 e. The Kier molecular flexibility index (Phi) is 5.71. The molecule has 3 aromatic heterocycles. The average molecular weight is 389 g/mol. The lowest BCUT2D eigenvalue weighted by Crippen LogP contribution is -2.21. The molecule has 0 spiro atoms. The number of halogens is 3. The minimum Gasteiger partial charge on any atom is -0.477 e. The zero-order valence-electron chi connectivity index (χ0n) is 12.6. The van der Waals surface area contributed by atoms with E-state index in [9.17, 15) is 18.0 Å². The van der Waals surface area contributed by atoms with Gasteiger partial charge in [0.25, 0.3) is 0 Å². The molecule has 0 amide bonds. The molecule has 26 heavy (non-hydrogen) atoms. The molecule has 3 N–H and O–H groups in total. The first-order valence-electron chi connectivity index (χ1n) is 6.69. The highest BCUT2D eigenvalue weighted by atomic mass is 32.1. The Bertz CT molecular complexity index is 910. The van der Waals surface area contributed by atoms with Crippen LogP contribution in [0.4, 0.5) is 19.1 Å². The third-order valence-electron chi connectivity index (χ3n) is 2.77. The summed E-state index contributed by atoms with van der Waals surface area (Å²) in [5.74, 6) is -3.41. The van der Waals surface area contributed by atoms with Crippen molar-refractivity contribution in [3.05, 3.63) is 41.3 Å². The molecule has 0 atom stereocenters. The fourth-order valence-electron chi connectivity index (χ4n) is 1.66. The zero-order valence-corrected chi connectivity index (χ0v) is 13.5. The molecule has 0 aliphatic carbocycles. The van der Waals surface area contributed by atoms with E-state index in [0.29, 0.717) is 18.1 Å². The van der Waals surface area contributed by atoms with Gasteiger partial charge in [-0.25, -0.2) is 19.6 Å². The van der Waals surface area contributed by atoms with E-state index in [1.807, 2.05) is 11.4 Å². The van der Waals surface area contributed by atoms with E-state index in [4.69, 9.17) is 15.0 Å². The molecule has 0 fully saturated rings. The van der Waals surface area contributed by atoms with Crippen molar-refractivity contribution in [3.8, 4) is 0 Å². The van der Waals surface area contributed by atoms with Gasteiger partial charge in [0.1, 0.15) is 5.65 Å². The van der Waals surface area contributed by atoms with Gasteiger partial charge in [-0.2, -0.15) is 17.5 Å². The summed E-state index contributed by atoms with van der Waals surface area (Å²) in [6, 6.07) is 3.32. The first kappa shape index (κ1) is 19.1. The standard InChI is InChI=1S/C11H9N5O2S.C2HF3O2/c17-10(18)8-5-9-12-2-3-16(9)11(14-8)13-6-7-1-4-19-15-7;3-2(4,5)1(6)7/h1-5H,6H2,(H,13,14)(H,17,18);(H,6,7). The van der Waals surface area contributed by atoms with Gasteiger partial charge in [0.05, 0.1) is 12.2 Å². The molecule has 0 unspecified atom stereocenters. The third-order valence-corrected chi connectivity index (χ3v) is 3.37. The van der Waals surface area contributed by atoms with E-state index in [2.05, 4.69) is 19.7 Å². The molecular weight excluding hydrogens is 379 g/mol. The van der Waals surface area contributed by atoms with Gasteiger partial charge in [-0.1, -0.05) is 0 Å². The van der Waals surface area contributed by atoms with Gasteiger partial charge >= 0.3 is 18.1 Å². The van der Waals surface area contributed by atoms with Crippen LogP contribution in [0.15, 0.2) is 29.9 Å². The number of hydrogen-bond acceptors (Lipinski definition) is 7. The number of rotatable bonds is 4. The van der Waals surface area contributed by atoms with E-state index in [1.54, 1.807) is 16.8 Å². The third kappa shape index (κ3) is 4.89. The van der Waals surface area contributed by atoms with Crippen LogP contribution >= 0.6 is 11.5 Å². The van der Waals surface area contributed by atoms with Gasteiger partial charge in [-0.05, 0) is 17.6 Å². The number of nitrogens with zero attached hydrogens (tertiary/aromatic N) is 4. The van der Waals surface area contributed by atoms with Crippen molar-refractivity contribution in [2.24, 2.45) is 0 Å². The van der Waals surface area contributed by atoms with Crippen LogP contribution in [0.2, 0.25) is 0 Å². The van der Waals surface area contributed by atoms with Crippen molar-refractivity contribution in [2.45, 2.75) is 12.7 Å². The number of alkyl halides is 3. The number of fused-ring (bicyclic) bond motifs is 1. The van der Waals surface area contributed by atoms with Crippen LogP contribution in [0.1, 0.15) is 16.2 Å². The number of aromatic nitrogens is 4. The minimum atomic E-state index is -5.08. The van der Waals surface area contributed by atoms with Crippen LogP contribution in [0, 0.1) is 0 Å². The van der Waals surface area contributed by atoms with E-state index < -0.39 is 18.1 Å². The van der Waals surface area contributed by atoms with Crippen LogP contribution in [0.3, 0.4) is 0 Å². The Morgan fingerprint density at radius 1 is 1.31 bits per heavy atom. The SMILES string of the molecule is O=C(O)C(F)(F)F.O=C(O)c1cc2nccn2c(NCc2ccsn2)n1. The fraction of sp³-hybridized carbons (Fsp3) is 0.154. The summed E-state index contributed by atoms with van der Waals surface area (Å²) in [4.78, 5) is 28.0. The number of nitrogens with one attached hydrogen (secondary N) is 1. The van der Waals surface area contributed by atoms with Crippen LogP contribution in [-0.2, 0) is 11.3 Å². The molecule has 0 saturated carbocycles. The molecule has 0 saturated heterocycles. The van der Waals surface area contributed by atoms with Crippen LogP contribution < -0.4 is 5.32 Å². The Hall–Kier alpha value is -3.22. The Balaban J connectivity index is 0.000000298. The lowest BCUT2D eigenvalue weighted by Gasteiger charge is -2.07. The number of carboxylic acid groups (broad SMARTS) is 2. The molecule has 0 aliphatic heterocycles. The smallest absolute Gasteiger partial charge is 0.477 e. The molecule has 0 aromatic carbocycles. The number of carbonyl (C=O) groups is 2. The number of aromatic carboxylic acids is 1. The second kappa shape index (κ2) is 7.77. The first-order chi connectivity index (χ1) is 12.2. The van der Waals surface area contributed by atoms with Crippen molar-refractivity contribution in [1.82, 2.24) is 18.7 Å². The summed E-state index contributed by atoms with van der Waals surface area (Å²) in [6.07, 6.45) is -1.77. The highest BCUT2D eigenvalue weighted by Crippen LogP contribution is 2.13. The molecular formula is C13H10F3N5O4S. The van der Waals surface area contributed by atoms with E-state index in [1.165, 1.54) is 17.6 Å². The molecule has 0 bridgehead atoms. The predicted octanol–water partition coefficient (Wildman–Crippen LogP) is 2.13. The summed E-state index contributed by atoms with van der Waals surface area (Å²) >= 11 is 1.36. The van der Waals surface area contributed by atoms with Crippen molar-refractivity contribution in [1.29, 1.82) is 0 Å². The fourth-order valence-corrected chi connectivity index (χ4v) is 2.20. The van der Waals surface area contributed by atoms with E-state index in [-0.39, 0.29) is 5.69 Å². The second-order valence-electron chi connectivity index (χ2n) is 4.57. The summed E-state index contributed by atoms with van der Waals surface area (Å²) in [7, 11) is 0. The van der Waals surface area contributed by atoms with Crippen LogP contribution in [0.25, 0.3) is 5.65 Å². The summed E-state index contributed by atoms with van der Waals surface area (Å²) in [6.45, 7) is 0.479. The molecule has 0 radical (unpaired) electrons. The lowest BCUT2D eigenvalue weighted by molar-refractivity contribution is -0.192. The highest BCUT2D eigenvalue weighted by Gasteiger charge is 2.38. The monoisotopic (exact) mass is 389 g/mol. The van der Waals surface area contributed by atoms with Gasteiger partial charge in [0.15, 0.2) is 5.69 Å². The van der Waals surface area contributed by atoms with Gasteiger partial charge in [-0.3, -0.25) is 4.40 Å². The number of anilines is 1. The Morgan fingerprint density at radius 3 is 2.54 bits per heavy atom. The minimum absolute atomic E-state index is 0.0422. The molecule has 3 aromatic rings. The van der Waals surface area contributed by atoms with Gasteiger partial charge in [0, 0.05) is 23.8 Å². The topological polar surface area (TPSA) is 130 Å². The number of imidazole rings is 1. The highest BCUT2D eigenvalue weighted by molar-refractivity contribution is 7.03. The van der Waals surface area contributed by atoms with Crippen molar-refractivity contribution < 1.29 is 33.0 Å². The number of hydrogen-bond donors (Lipinski definition) is 3. The van der Waals surface area contributed by atoms with Crippen molar-refractivity contribution >= 4 is 35.1 Å². The molecule has 13 heteroatoms. The van der Waals surface area contributed by atoms with Gasteiger partial charge in [0.2, 0.25) is 5.95 Å². The quantitative estimate of drug-likeness (QED) is 0.619. The lowest BCUT2D eigenvalue weighted by atomic mass is 10.4. The van der Waals surface area contributed by atoms with E-state index >= 15 is 0 Å². The van der Waals surface area contributed by atoms with Gasteiger partial charge in [-0.15, -0.1) is 0 Å². The Labute approximate surface area is 146 Å². The maximum atomic E-state index is 11.0. The summed E-state index contributed by atoms with van der Waals surface area (Å²) < 4.78 is 37.6. The summed E-state index contributed by atoms with van der Waals surface area (Å²) in [5, 5.41) is 21.1. The number of carboxylic acids is 2. The molecule has 0 aliphatic rings. The maximum Gasteiger partial charge on any atom is 0.490 e. The van der Waals surface area contributed by atoms with Crippen LogP contribution in [0.5, 0.6) is 0 Å². The van der Waals surface area contributed by atoms with Crippen molar-refractivity contribution in [3.63, 3.8) is 0 Å². The van der Waals surface area contributed by atoms with E-state index in [0.717, 1.165) is 5.69 Å². The summed E-state index contributed by atoms with van der Waals surface area (Å²) in [5.41, 5.74) is 1.37. The molecule has 9 nitrogen and oxygen atoms in total. The Morgan fingerprint density at radius 2 is 2.00 bits per heavy atom. The van der Waals surface area contributed by atoms with Gasteiger partial charge < -0.3 is 15.5 Å². The second-order valence-corrected chi connectivity index (χ2v) is 5.24. The molecule has 138 valence electrons. The molecule has 3 heterocycles. The molecule has 3 rings (SSSR count). The average Bonchev–Trinajstić information content (AvgIpc) is 3.23. The van der Waals surface area contributed by atoms with Crippen molar-refractivity contribution in [2.75, 3.05) is 5.32 Å². The maximum absolute atomic E-state index is 11.0. The van der Waals surface area contributed by atoms with Crippen LogP contribution in [-0.4, -0.2) is 47.1 Å².